The van der Waals surface area contributed by atoms with Gasteiger partial charge in [0, 0.05) is 15.3 Å². The fraction of sp³-hybridized carbons (Fsp3) is 0.214. The zero-order chi connectivity index (χ0) is 15.0. The molecule has 1 heterocycles. The average molecular weight is 298 g/mol. The first kappa shape index (κ1) is 14.6. The van der Waals surface area contributed by atoms with Crippen LogP contribution in [-0.4, -0.2) is 16.2 Å². The summed E-state index contributed by atoms with van der Waals surface area (Å²) in [6.07, 6.45) is -1.30. The van der Waals surface area contributed by atoms with E-state index >= 15 is 0 Å². The van der Waals surface area contributed by atoms with E-state index in [4.69, 9.17) is 5.11 Å². The number of aromatic carboxylic acids is 1. The molecule has 0 aliphatic heterocycles. The first-order chi connectivity index (χ1) is 9.31. The van der Waals surface area contributed by atoms with E-state index in [0.717, 1.165) is 15.8 Å². The van der Waals surface area contributed by atoms with Crippen molar-refractivity contribution in [2.24, 2.45) is 0 Å². The molecule has 1 atom stereocenters. The van der Waals surface area contributed by atoms with Gasteiger partial charge in [-0.15, -0.1) is 11.3 Å². The highest BCUT2D eigenvalue weighted by atomic mass is 32.1. The summed E-state index contributed by atoms with van der Waals surface area (Å²) in [6, 6.07) is 3.03. The molecule has 0 amide bonds. The van der Waals surface area contributed by atoms with Gasteiger partial charge in [0.05, 0.1) is 5.56 Å². The van der Waals surface area contributed by atoms with Crippen molar-refractivity contribution >= 4 is 17.3 Å². The van der Waals surface area contributed by atoms with Crippen molar-refractivity contribution in [2.45, 2.75) is 20.0 Å². The minimum Gasteiger partial charge on any atom is -0.478 e. The zero-order valence-corrected chi connectivity index (χ0v) is 11.6. The van der Waals surface area contributed by atoms with E-state index in [0.29, 0.717) is 11.6 Å². The Morgan fingerprint density at radius 2 is 1.75 bits per heavy atom. The van der Waals surface area contributed by atoms with Gasteiger partial charge in [-0.1, -0.05) is 0 Å². The van der Waals surface area contributed by atoms with E-state index in [1.807, 2.05) is 6.92 Å². The molecule has 1 aromatic heterocycles. The second-order valence-electron chi connectivity index (χ2n) is 4.43. The Bertz CT molecular complexity index is 679. The molecule has 0 saturated heterocycles. The maximum absolute atomic E-state index is 13.3. The van der Waals surface area contributed by atoms with E-state index in [-0.39, 0.29) is 5.56 Å². The van der Waals surface area contributed by atoms with Gasteiger partial charge in [-0.05, 0) is 37.6 Å². The minimum atomic E-state index is -1.41. The molecule has 0 aliphatic rings. The molecule has 2 aromatic rings. The number of carboxylic acids is 1. The maximum atomic E-state index is 13.3. The van der Waals surface area contributed by atoms with Gasteiger partial charge in [-0.2, -0.15) is 0 Å². The lowest BCUT2D eigenvalue weighted by Crippen LogP contribution is -2.10. The Labute approximate surface area is 118 Å². The molecule has 6 heteroatoms. The minimum absolute atomic E-state index is 0.155. The number of thiophene rings is 1. The number of carbonyl (C=O) groups is 1. The standard InChI is InChI=1S/C14H12F2O3S/c1-6-3-8(7(2)20-6)13(17)9-4-11(15)12(16)5-10(9)14(18)19/h3-5,13,17H,1-2H3,(H,18,19). The number of carboxylic acid groups (broad SMARTS) is 1. The van der Waals surface area contributed by atoms with Gasteiger partial charge in [0.25, 0.3) is 0 Å². The number of rotatable bonds is 3. The summed E-state index contributed by atoms with van der Waals surface area (Å²) < 4.78 is 26.5. The predicted molar refractivity (Wildman–Crippen MR) is 71.2 cm³/mol. The maximum Gasteiger partial charge on any atom is 0.336 e. The van der Waals surface area contributed by atoms with Crippen molar-refractivity contribution < 1.29 is 23.8 Å². The topological polar surface area (TPSA) is 57.5 Å². The first-order valence-electron chi connectivity index (χ1n) is 5.78. The molecule has 0 radical (unpaired) electrons. The van der Waals surface area contributed by atoms with Crippen LogP contribution >= 0.6 is 11.3 Å². The fourth-order valence-electron chi connectivity index (χ4n) is 2.06. The number of halogens is 2. The fourth-order valence-corrected chi connectivity index (χ4v) is 3.02. The molecule has 0 bridgehead atoms. The molecule has 1 aromatic carbocycles. The van der Waals surface area contributed by atoms with Crippen molar-refractivity contribution in [3.63, 3.8) is 0 Å². The van der Waals surface area contributed by atoms with Crippen LogP contribution in [0, 0.1) is 25.5 Å². The van der Waals surface area contributed by atoms with Crippen molar-refractivity contribution in [1.29, 1.82) is 0 Å². The summed E-state index contributed by atoms with van der Waals surface area (Å²) in [5.41, 5.74) is -0.0991. The van der Waals surface area contributed by atoms with E-state index in [9.17, 15) is 18.7 Å². The normalized spacial score (nSPS) is 12.4. The van der Waals surface area contributed by atoms with Gasteiger partial charge in [0.2, 0.25) is 0 Å². The molecule has 2 rings (SSSR count). The molecule has 1 unspecified atom stereocenters. The van der Waals surface area contributed by atoms with Crippen LogP contribution in [0.1, 0.15) is 37.3 Å². The summed E-state index contributed by atoms with van der Waals surface area (Å²) in [6.45, 7) is 3.62. The Morgan fingerprint density at radius 1 is 1.15 bits per heavy atom. The summed E-state index contributed by atoms with van der Waals surface area (Å²) in [5, 5.41) is 19.3. The number of aliphatic hydroxyl groups is 1. The molecule has 0 spiro atoms. The molecule has 3 nitrogen and oxygen atoms in total. The molecule has 2 N–H and O–H groups in total. The Hall–Kier alpha value is -1.79. The Balaban J connectivity index is 2.59. The largest absolute Gasteiger partial charge is 0.478 e. The van der Waals surface area contributed by atoms with Gasteiger partial charge < -0.3 is 10.2 Å². The number of hydrogen-bond acceptors (Lipinski definition) is 3. The molecular weight excluding hydrogens is 286 g/mol. The molecule has 106 valence electrons. The Kier molecular flexibility index (Phi) is 3.87. The lowest BCUT2D eigenvalue weighted by molar-refractivity contribution is 0.0690. The highest BCUT2D eigenvalue weighted by Crippen LogP contribution is 2.33. The van der Waals surface area contributed by atoms with Crippen LogP contribution in [0.25, 0.3) is 0 Å². The summed E-state index contributed by atoms with van der Waals surface area (Å²) >= 11 is 1.44. The first-order valence-corrected chi connectivity index (χ1v) is 6.60. The molecule has 0 aliphatic carbocycles. The van der Waals surface area contributed by atoms with E-state index in [1.165, 1.54) is 11.3 Å². The molecule has 0 saturated carbocycles. The van der Waals surface area contributed by atoms with Gasteiger partial charge >= 0.3 is 5.97 Å². The number of aliphatic hydroxyl groups excluding tert-OH is 1. The molecule has 20 heavy (non-hydrogen) atoms. The smallest absolute Gasteiger partial charge is 0.336 e. The van der Waals surface area contributed by atoms with Crippen molar-refractivity contribution in [1.82, 2.24) is 0 Å². The van der Waals surface area contributed by atoms with Gasteiger partial charge in [0.1, 0.15) is 6.10 Å². The highest BCUT2D eigenvalue weighted by Gasteiger charge is 2.23. The lowest BCUT2D eigenvalue weighted by atomic mass is 9.96. The van der Waals surface area contributed by atoms with E-state index < -0.39 is 29.3 Å². The van der Waals surface area contributed by atoms with E-state index in [1.54, 1.807) is 13.0 Å². The number of hydrogen-bond donors (Lipinski definition) is 2. The number of benzene rings is 1. The third-order valence-electron chi connectivity index (χ3n) is 2.99. The van der Waals surface area contributed by atoms with Crippen molar-refractivity contribution in [3.05, 3.63) is 56.3 Å². The van der Waals surface area contributed by atoms with Crippen LogP contribution in [0.4, 0.5) is 8.78 Å². The quantitative estimate of drug-likeness (QED) is 0.913. The number of aryl methyl sites for hydroxylation is 2. The zero-order valence-electron chi connectivity index (χ0n) is 10.8. The molecule has 0 fully saturated rings. The van der Waals surface area contributed by atoms with Crippen LogP contribution in [0.2, 0.25) is 0 Å². The average Bonchev–Trinajstić information content (AvgIpc) is 2.70. The van der Waals surface area contributed by atoms with Crippen molar-refractivity contribution in [3.8, 4) is 0 Å². The highest BCUT2D eigenvalue weighted by molar-refractivity contribution is 7.12. The molecular formula is C14H12F2O3S. The summed E-state index contributed by atoms with van der Waals surface area (Å²) in [5.74, 6) is -3.85. The third-order valence-corrected chi connectivity index (χ3v) is 3.97. The summed E-state index contributed by atoms with van der Waals surface area (Å²) in [7, 11) is 0. The van der Waals surface area contributed by atoms with Crippen LogP contribution in [0.5, 0.6) is 0 Å². The monoisotopic (exact) mass is 298 g/mol. The summed E-state index contributed by atoms with van der Waals surface area (Å²) in [4.78, 5) is 12.9. The van der Waals surface area contributed by atoms with Crippen LogP contribution in [-0.2, 0) is 0 Å². The van der Waals surface area contributed by atoms with Crippen LogP contribution in [0.15, 0.2) is 18.2 Å². The Morgan fingerprint density at radius 3 is 2.25 bits per heavy atom. The SMILES string of the molecule is Cc1cc(C(O)c2cc(F)c(F)cc2C(=O)O)c(C)s1. The van der Waals surface area contributed by atoms with Gasteiger partial charge in [-0.25, -0.2) is 13.6 Å². The van der Waals surface area contributed by atoms with Gasteiger partial charge in [0.15, 0.2) is 11.6 Å². The van der Waals surface area contributed by atoms with E-state index in [2.05, 4.69) is 0 Å². The van der Waals surface area contributed by atoms with Gasteiger partial charge in [-0.3, -0.25) is 0 Å². The second kappa shape index (κ2) is 5.30. The van der Waals surface area contributed by atoms with Crippen molar-refractivity contribution in [2.75, 3.05) is 0 Å². The predicted octanol–water partition coefficient (Wildman–Crippen LogP) is 3.42. The third kappa shape index (κ3) is 2.57. The second-order valence-corrected chi connectivity index (χ2v) is 5.89. The van der Waals surface area contributed by atoms with Crippen LogP contribution < -0.4 is 0 Å². The lowest BCUT2D eigenvalue weighted by Gasteiger charge is -2.14. The van der Waals surface area contributed by atoms with Crippen LogP contribution in [0.3, 0.4) is 0 Å².